The molecule has 0 radical (unpaired) electrons. The SMILES string of the molecule is BrC1=CC2=CC=C(c3ccc4ccccc4c3)CC2C=C1. The molecular formula is C20H15Br. The molecule has 1 atom stereocenters. The quantitative estimate of drug-likeness (QED) is 0.598. The summed E-state index contributed by atoms with van der Waals surface area (Å²) >= 11 is 3.55. The van der Waals surface area contributed by atoms with Crippen molar-refractivity contribution in [3.8, 4) is 0 Å². The van der Waals surface area contributed by atoms with Crippen molar-refractivity contribution >= 4 is 32.3 Å². The van der Waals surface area contributed by atoms with Crippen molar-refractivity contribution in [1.29, 1.82) is 0 Å². The summed E-state index contributed by atoms with van der Waals surface area (Å²) in [7, 11) is 0. The maximum absolute atomic E-state index is 3.55. The second-order valence-corrected chi connectivity index (χ2v) is 6.54. The number of allylic oxidation sites excluding steroid dienone is 8. The number of hydrogen-bond acceptors (Lipinski definition) is 0. The predicted octanol–water partition coefficient (Wildman–Crippen LogP) is 6.02. The summed E-state index contributed by atoms with van der Waals surface area (Å²) in [6.07, 6.45) is 12.3. The first-order valence-corrected chi connectivity index (χ1v) is 8.04. The smallest absolute Gasteiger partial charge is 0.0175 e. The van der Waals surface area contributed by atoms with Crippen LogP contribution in [0.4, 0.5) is 0 Å². The Morgan fingerprint density at radius 1 is 0.952 bits per heavy atom. The molecule has 0 aromatic heterocycles. The van der Waals surface area contributed by atoms with Crippen LogP contribution in [-0.4, -0.2) is 0 Å². The summed E-state index contributed by atoms with van der Waals surface area (Å²) in [6, 6.07) is 15.3. The van der Waals surface area contributed by atoms with Gasteiger partial charge in [0.25, 0.3) is 0 Å². The first kappa shape index (κ1) is 12.8. The lowest BCUT2D eigenvalue weighted by Gasteiger charge is -2.23. The highest BCUT2D eigenvalue weighted by Gasteiger charge is 2.19. The molecule has 2 aliphatic rings. The van der Waals surface area contributed by atoms with Gasteiger partial charge < -0.3 is 0 Å². The van der Waals surface area contributed by atoms with Crippen LogP contribution in [0.3, 0.4) is 0 Å². The van der Waals surface area contributed by atoms with Crippen molar-refractivity contribution < 1.29 is 0 Å². The Bertz CT molecular complexity index is 834. The second-order valence-electron chi connectivity index (χ2n) is 5.62. The van der Waals surface area contributed by atoms with Gasteiger partial charge in [-0.3, -0.25) is 0 Å². The lowest BCUT2D eigenvalue weighted by atomic mass is 9.82. The largest absolute Gasteiger partial charge is 0.0756 e. The molecule has 1 heteroatoms. The van der Waals surface area contributed by atoms with Gasteiger partial charge in [-0.25, -0.2) is 0 Å². The van der Waals surface area contributed by atoms with Gasteiger partial charge in [0.2, 0.25) is 0 Å². The van der Waals surface area contributed by atoms with Crippen LogP contribution in [0.2, 0.25) is 0 Å². The zero-order chi connectivity index (χ0) is 14.2. The minimum absolute atomic E-state index is 0.512. The van der Waals surface area contributed by atoms with Gasteiger partial charge in [-0.1, -0.05) is 76.6 Å². The van der Waals surface area contributed by atoms with Crippen LogP contribution >= 0.6 is 15.9 Å². The molecule has 4 rings (SSSR count). The van der Waals surface area contributed by atoms with E-state index in [9.17, 15) is 0 Å². The maximum atomic E-state index is 3.55. The fourth-order valence-corrected chi connectivity index (χ4v) is 3.51. The third-order valence-corrected chi connectivity index (χ3v) is 4.75. The molecular weight excluding hydrogens is 320 g/mol. The Balaban J connectivity index is 1.74. The van der Waals surface area contributed by atoms with Gasteiger partial charge in [-0.15, -0.1) is 0 Å². The van der Waals surface area contributed by atoms with Gasteiger partial charge in [0.05, 0.1) is 0 Å². The lowest BCUT2D eigenvalue weighted by Crippen LogP contribution is -2.07. The van der Waals surface area contributed by atoms with Gasteiger partial charge in [-0.2, -0.15) is 0 Å². The fourth-order valence-electron chi connectivity index (χ4n) is 3.10. The van der Waals surface area contributed by atoms with Crippen molar-refractivity contribution in [2.45, 2.75) is 6.42 Å². The van der Waals surface area contributed by atoms with Gasteiger partial charge >= 0.3 is 0 Å². The normalized spacial score (nSPS) is 20.6. The van der Waals surface area contributed by atoms with E-state index in [1.54, 1.807) is 0 Å². The van der Waals surface area contributed by atoms with E-state index in [0.29, 0.717) is 5.92 Å². The molecule has 0 saturated heterocycles. The van der Waals surface area contributed by atoms with Crippen molar-refractivity contribution in [2.24, 2.45) is 5.92 Å². The minimum atomic E-state index is 0.512. The van der Waals surface area contributed by atoms with E-state index >= 15 is 0 Å². The van der Waals surface area contributed by atoms with Crippen LogP contribution in [0, 0.1) is 5.92 Å². The van der Waals surface area contributed by atoms with E-state index in [2.05, 4.69) is 88.8 Å². The number of benzene rings is 2. The highest BCUT2D eigenvalue weighted by atomic mass is 79.9. The Labute approximate surface area is 133 Å². The molecule has 0 bridgehead atoms. The summed E-state index contributed by atoms with van der Waals surface area (Å²) in [5.41, 5.74) is 4.16. The Kier molecular flexibility index (Phi) is 3.16. The molecule has 2 aromatic carbocycles. The summed E-state index contributed by atoms with van der Waals surface area (Å²) in [5, 5.41) is 2.62. The van der Waals surface area contributed by atoms with E-state index in [1.807, 2.05) is 0 Å². The molecule has 0 heterocycles. The van der Waals surface area contributed by atoms with Crippen LogP contribution < -0.4 is 0 Å². The van der Waals surface area contributed by atoms with E-state index in [-0.39, 0.29) is 0 Å². The molecule has 0 amide bonds. The van der Waals surface area contributed by atoms with Crippen LogP contribution in [0.5, 0.6) is 0 Å². The molecule has 2 aromatic rings. The van der Waals surface area contributed by atoms with Crippen LogP contribution in [0.25, 0.3) is 16.3 Å². The fraction of sp³-hybridized carbons (Fsp3) is 0.100. The number of rotatable bonds is 1. The van der Waals surface area contributed by atoms with Gasteiger partial charge in [-0.05, 0) is 46.0 Å². The number of fused-ring (bicyclic) bond motifs is 2. The molecule has 0 aliphatic heterocycles. The van der Waals surface area contributed by atoms with Gasteiger partial charge in [0.15, 0.2) is 0 Å². The molecule has 0 N–H and O–H groups in total. The zero-order valence-corrected chi connectivity index (χ0v) is 13.2. The highest BCUT2D eigenvalue weighted by Crippen LogP contribution is 2.37. The van der Waals surface area contributed by atoms with E-state index in [1.165, 1.54) is 27.5 Å². The van der Waals surface area contributed by atoms with Crippen LogP contribution in [-0.2, 0) is 0 Å². The molecule has 0 saturated carbocycles. The summed E-state index contributed by atoms with van der Waals surface area (Å²) in [5.74, 6) is 0.512. The maximum Gasteiger partial charge on any atom is 0.0175 e. The average molecular weight is 335 g/mol. The first-order chi connectivity index (χ1) is 10.3. The monoisotopic (exact) mass is 334 g/mol. The molecule has 0 nitrogen and oxygen atoms in total. The van der Waals surface area contributed by atoms with Gasteiger partial charge in [0.1, 0.15) is 0 Å². The number of halogens is 1. The molecule has 21 heavy (non-hydrogen) atoms. The molecule has 2 aliphatic carbocycles. The Morgan fingerprint density at radius 2 is 1.81 bits per heavy atom. The van der Waals surface area contributed by atoms with Crippen LogP contribution in [0.1, 0.15) is 12.0 Å². The predicted molar refractivity (Wildman–Crippen MR) is 94.3 cm³/mol. The summed E-state index contributed by atoms with van der Waals surface area (Å²) < 4.78 is 1.16. The number of hydrogen-bond donors (Lipinski definition) is 0. The summed E-state index contributed by atoms with van der Waals surface area (Å²) in [4.78, 5) is 0. The second kappa shape index (κ2) is 5.16. The van der Waals surface area contributed by atoms with Gasteiger partial charge in [0, 0.05) is 10.4 Å². The average Bonchev–Trinajstić information content (AvgIpc) is 2.54. The van der Waals surface area contributed by atoms with Crippen molar-refractivity contribution in [3.63, 3.8) is 0 Å². The molecule has 102 valence electrons. The Morgan fingerprint density at radius 3 is 2.71 bits per heavy atom. The van der Waals surface area contributed by atoms with E-state index in [4.69, 9.17) is 0 Å². The van der Waals surface area contributed by atoms with Crippen molar-refractivity contribution in [3.05, 3.63) is 88.5 Å². The zero-order valence-electron chi connectivity index (χ0n) is 11.6. The molecule has 0 fully saturated rings. The minimum Gasteiger partial charge on any atom is -0.0756 e. The Hall–Kier alpha value is -1.86. The van der Waals surface area contributed by atoms with E-state index in [0.717, 1.165) is 10.9 Å². The van der Waals surface area contributed by atoms with Crippen LogP contribution in [0.15, 0.2) is 82.9 Å². The molecule has 1 unspecified atom stereocenters. The topological polar surface area (TPSA) is 0 Å². The molecule has 0 spiro atoms. The highest BCUT2D eigenvalue weighted by molar-refractivity contribution is 9.11. The van der Waals surface area contributed by atoms with E-state index < -0.39 is 0 Å². The van der Waals surface area contributed by atoms with Crippen molar-refractivity contribution in [2.75, 3.05) is 0 Å². The standard InChI is InChI=1S/C20H15Br/c21-20-10-9-18-12-17(7-8-19(18)13-20)16-6-5-14-3-1-2-4-15(14)11-16/h1-11,13,18H,12H2. The third kappa shape index (κ3) is 2.43. The third-order valence-electron chi connectivity index (χ3n) is 4.26. The summed E-state index contributed by atoms with van der Waals surface area (Å²) in [6.45, 7) is 0. The van der Waals surface area contributed by atoms with Crippen molar-refractivity contribution in [1.82, 2.24) is 0 Å². The lowest BCUT2D eigenvalue weighted by molar-refractivity contribution is 0.792. The first-order valence-electron chi connectivity index (χ1n) is 7.25.